The van der Waals surface area contributed by atoms with E-state index in [0.29, 0.717) is 0 Å². The van der Waals surface area contributed by atoms with Crippen LogP contribution < -0.4 is 16.0 Å². The number of nitrogens with zero attached hydrogens (tertiary/aromatic N) is 2. The number of ether oxygens (including phenoxy) is 2. The van der Waals surface area contributed by atoms with Crippen LogP contribution in [0.5, 0.6) is 0 Å². The molecule has 0 unspecified atom stereocenters. The quantitative estimate of drug-likeness (QED) is 0.882. The largest absolute Gasteiger partial charge is 0.443 e. The number of imide groups is 1. The molecule has 143 valence electrons. The molecule has 26 heavy (non-hydrogen) atoms. The first-order chi connectivity index (χ1) is 11.8. The maximum atomic E-state index is 12.6. The summed E-state index contributed by atoms with van der Waals surface area (Å²) < 4.78 is 10.6. The Morgan fingerprint density at radius 2 is 1.50 bits per heavy atom. The van der Waals surface area contributed by atoms with Crippen molar-refractivity contribution in [2.75, 3.05) is 11.4 Å². The van der Waals surface area contributed by atoms with E-state index in [1.807, 2.05) is 0 Å². The van der Waals surface area contributed by atoms with Crippen molar-refractivity contribution in [3.8, 4) is 0 Å². The molecule has 0 heterocycles. The number of nitrogens with two attached hydrogens (primary N) is 1. The van der Waals surface area contributed by atoms with Crippen LogP contribution in [-0.2, 0) is 14.3 Å². The van der Waals surface area contributed by atoms with E-state index in [2.05, 4.69) is 5.32 Å². The number of rotatable bonds is 3. The molecule has 8 heteroatoms. The van der Waals surface area contributed by atoms with Gasteiger partial charge >= 0.3 is 12.2 Å². The van der Waals surface area contributed by atoms with Gasteiger partial charge in [-0.2, -0.15) is 4.90 Å². The molecule has 1 rings (SSSR count). The lowest BCUT2D eigenvalue weighted by Gasteiger charge is -2.28. The Balaban J connectivity index is 3.23. The van der Waals surface area contributed by atoms with E-state index in [1.54, 1.807) is 53.7 Å². The smallest absolute Gasteiger partial charge is 0.424 e. The number of anilines is 1. The van der Waals surface area contributed by atoms with Gasteiger partial charge in [-0.15, -0.1) is 0 Å². The van der Waals surface area contributed by atoms with E-state index in [1.165, 1.54) is 12.1 Å². The van der Waals surface area contributed by atoms with Crippen LogP contribution in [0, 0.1) is 0 Å². The lowest BCUT2D eigenvalue weighted by atomic mass is 10.2. The van der Waals surface area contributed by atoms with Crippen molar-refractivity contribution in [3.63, 3.8) is 0 Å². The van der Waals surface area contributed by atoms with Crippen LogP contribution in [0.2, 0.25) is 0 Å². The minimum absolute atomic E-state index is 0.166. The van der Waals surface area contributed by atoms with Gasteiger partial charge in [-0.1, -0.05) is 6.07 Å². The highest BCUT2D eigenvalue weighted by Crippen LogP contribution is 2.24. The average molecular weight is 364 g/mol. The maximum Gasteiger partial charge on any atom is 0.424 e. The Kier molecular flexibility index (Phi) is 6.74. The molecule has 1 aromatic carbocycles. The summed E-state index contributed by atoms with van der Waals surface area (Å²) in [6.07, 6.45) is -1.79. The van der Waals surface area contributed by atoms with E-state index < -0.39 is 29.3 Å². The number of amides is 3. The molecule has 2 N–H and O–H groups in total. The highest BCUT2D eigenvalue weighted by Gasteiger charge is 2.32. The fourth-order valence-electron chi connectivity index (χ4n) is 1.79. The number of hydrogen-bond acceptors (Lipinski definition) is 6. The molecule has 0 fully saturated rings. The lowest BCUT2D eigenvalue weighted by Crippen LogP contribution is -2.43. The van der Waals surface area contributed by atoms with Crippen LogP contribution in [0.15, 0.2) is 24.3 Å². The zero-order valence-electron chi connectivity index (χ0n) is 16.0. The van der Waals surface area contributed by atoms with Gasteiger partial charge in [0.25, 0.3) is 5.91 Å². The van der Waals surface area contributed by atoms with E-state index in [-0.39, 0.29) is 17.9 Å². The zero-order valence-corrected chi connectivity index (χ0v) is 16.0. The molecule has 0 aliphatic carbocycles. The van der Waals surface area contributed by atoms with Crippen LogP contribution >= 0.6 is 0 Å². The first-order valence-corrected chi connectivity index (χ1v) is 8.13. The minimum Gasteiger partial charge on any atom is -0.443 e. The Morgan fingerprint density at radius 1 is 1.00 bits per heavy atom. The predicted molar refractivity (Wildman–Crippen MR) is 97.2 cm³/mol. The van der Waals surface area contributed by atoms with Gasteiger partial charge in [0.1, 0.15) is 11.2 Å². The topological polar surface area (TPSA) is 113 Å². The van der Waals surface area contributed by atoms with Crippen LogP contribution in [-0.4, -0.2) is 35.8 Å². The lowest BCUT2D eigenvalue weighted by molar-refractivity contribution is -0.118. The van der Waals surface area contributed by atoms with E-state index in [0.717, 1.165) is 4.90 Å². The van der Waals surface area contributed by atoms with Gasteiger partial charge in [-0.25, -0.2) is 14.9 Å². The molecule has 1 radical (unpaired) electrons. The summed E-state index contributed by atoms with van der Waals surface area (Å²) in [5.41, 5.74) is 4.06. The Bertz CT molecular complexity index is 646. The second-order valence-electron chi connectivity index (χ2n) is 7.53. The first-order valence-electron chi connectivity index (χ1n) is 8.13. The molecule has 0 atom stereocenters. The second kappa shape index (κ2) is 8.18. The van der Waals surface area contributed by atoms with Crippen LogP contribution in [0.1, 0.15) is 41.5 Å². The zero-order chi connectivity index (χ0) is 20.1. The summed E-state index contributed by atoms with van der Waals surface area (Å²) in [7, 11) is 0. The summed E-state index contributed by atoms with van der Waals surface area (Å²) >= 11 is 0. The van der Waals surface area contributed by atoms with Crippen molar-refractivity contribution in [3.05, 3.63) is 24.3 Å². The molecule has 1 aromatic rings. The highest BCUT2D eigenvalue weighted by molar-refractivity contribution is 6.09. The van der Waals surface area contributed by atoms with Crippen LogP contribution in [0.3, 0.4) is 0 Å². The Labute approximate surface area is 153 Å². The van der Waals surface area contributed by atoms with Crippen molar-refractivity contribution >= 4 is 29.5 Å². The maximum absolute atomic E-state index is 12.6. The van der Waals surface area contributed by atoms with Crippen LogP contribution in [0.25, 0.3) is 0 Å². The van der Waals surface area contributed by atoms with Crippen molar-refractivity contribution in [2.45, 2.75) is 52.7 Å². The Hall–Kier alpha value is -2.61. The van der Waals surface area contributed by atoms with Gasteiger partial charge in [0.05, 0.1) is 17.9 Å². The number of carbonyl (C=O) groups is 3. The first kappa shape index (κ1) is 21.4. The number of hydrogen-bond donors (Lipinski definition) is 1. The highest BCUT2D eigenvalue weighted by atomic mass is 16.6. The molecular weight excluding hydrogens is 338 g/mol. The van der Waals surface area contributed by atoms with Gasteiger partial charge in [-0.3, -0.25) is 4.79 Å². The van der Waals surface area contributed by atoms with Crippen LogP contribution in [0.4, 0.5) is 21.0 Å². The van der Waals surface area contributed by atoms with Crippen molar-refractivity contribution in [1.29, 1.82) is 0 Å². The second-order valence-corrected chi connectivity index (χ2v) is 7.53. The molecule has 0 saturated carbocycles. The van der Waals surface area contributed by atoms with Gasteiger partial charge in [0.2, 0.25) is 0 Å². The standard InChI is InChI=1S/C18H26N3O5/c1-17(2,3)25-15(23)21(16(24)26-18(4,5)6)13-9-7-8-12(10-13)20-14(22)11-19/h7-10H,11,19H2,1-6H3. The summed E-state index contributed by atoms with van der Waals surface area (Å²) in [6, 6.07) is 6.03. The molecule has 3 amide bonds. The van der Waals surface area contributed by atoms with E-state index in [9.17, 15) is 14.4 Å². The molecule has 8 nitrogen and oxygen atoms in total. The molecule has 0 aliphatic rings. The third-order valence-corrected chi connectivity index (χ3v) is 2.67. The predicted octanol–water partition coefficient (Wildman–Crippen LogP) is 3.08. The monoisotopic (exact) mass is 364 g/mol. The molecule has 0 spiro atoms. The molecule has 0 saturated heterocycles. The van der Waals surface area contributed by atoms with E-state index >= 15 is 0 Å². The summed E-state index contributed by atoms with van der Waals surface area (Å²) in [5.74, 6) is -0.525. The SMILES string of the molecule is CC(C)(C)OC(=O)N(C(=O)OC(C)(C)C)c1cccc([N]C(=O)CN)c1. The third-order valence-electron chi connectivity index (χ3n) is 2.67. The van der Waals surface area contributed by atoms with Gasteiger partial charge in [-0.05, 0) is 59.7 Å². The fraction of sp³-hybridized carbons (Fsp3) is 0.500. The van der Waals surface area contributed by atoms with Crippen molar-refractivity contribution in [2.24, 2.45) is 5.73 Å². The average Bonchev–Trinajstić information content (AvgIpc) is 2.43. The van der Waals surface area contributed by atoms with Crippen molar-refractivity contribution < 1.29 is 23.9 Å². The van der Waals surface area contributed by atoms with Gasteiger partial charge < -0.3 is 15.2 Å². The minimum atomic E-state index is -0.894. The molecule has 0 aromatic heterocycles. The normalized spacial score (nSPS) is 11.5. The Morgan fingerprint density at radius 3 is 1.92 bits per heavy atom. The van der Waals surface area contributed by atoms with Crippen molar-refractivity contribution in [1.82, 2.24) is 5.32 Å². The summed E-state index contributed by atoms with van der Waals surface area (Å²) in [4.78, 5) is 37.3. The summed E-state index contributed by atoms with van der Waals surface area (Å²) in [6.45, 7) is 9.86. The molecular formula is C18H26N3O5. The van der Waals surface area contributed by atoms with Gasteiger partial charge in [0.15, 0.2) is 0 Å². The number of carbonyl (C=O) groups excluding carboxylic acids is 3. The fourth-order valence-corrected chi connectivity index (χ4v) is 1.79. The van der Waals surface area contributed by atoms with E-state index in [4.69, 9.17) is 15.2 Å². The summed E-state index contributed by atoms with van der Waals surface area (Å²) in [5, 5.41) is 3.79. The van der Waals surface area contributed by atoms with Gasteiger partial charge in [0, 0.05) is 0 Å². The third kappa shape index (κ3) is 7.10. The molecule has 0 bridgehead atoms. The molecule has 0 aliphatic heterocycles. The number of benzene rings is 1.